The van der Waals surface area contributed by atoms with Crippen molar-refractivity contribution in [3.63, 3.8) is 0 Å². The van der Waals surface area contributed by atoms with Crippen molar-refractivity contribution in [2.24, 2.45) is 0 Å². The third-order valence-corrected chi connectivity index (χ3v) is 4.04. The Labute approximate surface area is 127 Å². The number of pyridine rings is 1. The molecule has 0 atom stereocenters. The van der Waals surface area contributed by atoms with Crippen LogP contribution in [0.4, 0.5) is 11.5 Å². The molecule has 6 nitrogen and oxygen atoms in total. The van der Waals surface area contributed by atoms with Crippen molar-refractivity contribution < 1.29 is 0 Å². The molecule has 0 saturated heterocycles. The van der Waals surface area contributed by atoms with Gasteiger partial charge in [-0.15, -0.1) is 0 Å². The van der Waals surface area contributed by atoms with Gasteiger partial charge >= 0.3 is 0 Å². The number of fused-ring (bicyclic) bond motifs is 2. The van der Waals surface area contributed by atoms with E-state index in [-0.39, 0.29) is 0 Å². The summed E-state index contributed by atoms with van der Waals surface area (Å²) in [6.45, 7) is 2.04. The normalized spacial score (nSPS) is 11.4. The summed E-state index contributed by atoms with van der Waals surface area (Å²) in [6.07, 6.45) is 5.87. The van der Waals surface area contributed by atoms with Gasteiger partial charge in [0.15, 0.2) is 0 Å². The molecule has 0 unspecified atom stereocenters. The van der Waals surface area contributed by atoms with Gasteiger partial charge in [0.25, 0.3) is 0 Å². The monoisotopic (exact) mass is 292 g/mol. The summed E-state index contributed by atoms with van der Waals surface area (Å²) in [5, 5.41) is 11.3. The predicted molar refractivity (Wildman–Crippen MR) is 89.0 cm³/mol. The first-order chi connectivity index (χ1) is 10.7. The Balaban J connectivity index is 2.01. The molecule has 0 aliphatic rings. The quantitative estimate of drug-likeness (QED) is 0.496. The van der Waals surface area contributed by atoms with E-state index < -0.39 is 0 Å². The number of nitrogen functional groups attached to an aromatic ring is 1. The van der Waals surface area contributed by atoms with Gasteiger partial charge in [-0.1, -0.05) is 0 Å². The van der Waals surface area contributed by atoms with Crippen molar-refractivity contribution in [2.75, 3.05) is 18.1 Å². The largest absolute Gasteiger partial charge is 0.398 e. The summed E-state index contributed by atoms with van der Waals surface area (Å²) in [6, 6.07) is 6.00. The zero-order chi connectivity index (χ0) is 15.3. The number of aromatic nitrogens is 4. The number of nitrogens with one attached hydrogen (secondary N) is 2. The Morgan fingerprint density at radius 2 is 2.14 bits per heavy atom. The highest BCUT2D eigenvalue weighted by molar-refractivity contribution is 5.99. The van der Waals surface area contributed by atoms with Crippen LogP contribution >= 0.6 is 0 Å². The van der Waals surface area contributed by atoms with E-state index in [1.54, 1.807) is 0 Å². The minimum absolute atomic E-state index is 0.758. The van der Waals surface area contributed by atoms with Crippen molar-refractivity contribution in [1.82, 2.24) is 19.6 Å². The Hall–Kier alpha value is -3.02. The zero-order valence-electron chi connectivity index (χ0n) is 12.4. The van der Waals surface area contributed by atoms with Gasteiger partial charge in [0.2, 0.25) is 0 Å². The van der Waals surface area contributed by atoms with Gasteiger partial charge < -0.3 is 15.5 Å². The highest BCUT2D eigenvalue weighted by atomic mass is 15.1. The maximum atomic E-state index is 6.14. The molecule has 0 amide bonds. The van der Waals surface area contributed by atoms with Crippen LogP contribution in [0.1, 0.15) is 5.56 Å². The molecule has 3 heterocycles. The van der Waals surface area contributed by atoms with Gasteiger partial charge in [-0.3, -0.25) is 5.10 Å². The Morgan fingerprint density at radius 3 is 2.95 bits per heavy atom. The van der Waals surface area contributed by atoms with Crippen molar-refractivity contribution >= 4 is 28.1 Å². The Bertz CT molecular complexity index is 995. The number of nitrogens with zero attached hydrogens (tertiary/aromatic N) is 3. The van der Waals surface area contributed by atoms with Crippen LogP contribution in [-0.2, 0) is 0 Å². The van der Waals surface area contributed by atoms with E-state index in [2.05, 4.69) is 32.8 Å². The molecular weight excluding hydrogens is 276 g/mol. The molecule has 4 N–H and O–H groups in total. The minimum atomic E-state index is 0.758. The van der Waals surface area contributed by atoms with E-state index in [0.29, 0.717) is 0 Å². The number of benzene rings is 1. The summed E-state index contributed by atoms with van der Waals surface area (Å²) in [4.78, 5) is 4.47. The van der Waals surface area contributed by atoms with Crippen LogP contribution in [0.5, 0.6) is 0 Å². The second-order valence-electron chi connectivity index (χ2n) is 5.36. The zero-order valence-corrected chi connectivity index (χ0v) is 12.4. The molecule has 110 valence electrons. The SMILES string of the molecule is CNc1cn2cc(-c3c(C)c(N)cc4[nH]ncc34)ccc2n1. The summed E-state index contributed by atoms with van der Waals surface area (Å²) in [5.74, 6) is 0.843. The first-order valence-electron chi connectivity index (χ1n) is 7.06. The fourth-order valence-corrected chi connectivity index (χ4v) is 2.85. The molecule has 3 aromatic heterocycles. The molecule has 6 heteroatoms. The fraction of sp³-hybridized carbons (Fsp3) is 0.125. The average Bonchev–Trinajstić information content (AvgIpc) is 3.13. The Morgan fingerprint density at radius 1 is 1.27 bits per heavy atom. The van der Waals surface area contributed by atoms with E-state index in [4.69, 9.17) is 5.73 Å². The van der Waals surface area contributed by atoms with Crippen LogP contribution in [-0.4, -0.2) is 26.6 Å². The predicted octanol–water partition coefficient (Wildman–Crippen LogP) is 2.81. The van der Waals surface area contributed by atoms with Crippen LogP contribution in [0.15, 0.2) is 36.8 Å². The molecule has 22 heavy (non-hydrogen) atoms. The summed E-state index contributed by atoms with van der Waals surface area (Å²) in [7, 11) is 1.86. The van der Waals surface area contributed by atoms with Crippen LogP contribution < -0.4 is 11.1 Å². The van der Waals surface area contributed by atoms with E-state index in [1.807, 2.05) is 42.9 Å². The molecule has 0 bridgehead atoms. The lowest BCUT2D eigenvalue weighted by molar-refractivity contribution is 1.12. The Kier molecular flexibility index (Phi) is 2.59. The number of hydrogen-bond acceptors (Lipinski definition) is 4. The van der Waals surface area contributed by atoms with Crippen molar-refractivity contribution in [2.45, 2.75) is 6.92 Å². The van der Waals surface area contributed by atoms with Gasteiger partial charge in [0.1, 0.15) is 11.5 Å². The number of hydrogen-bond donors (Lipinski definition) is 3. The smallest absolute Gasteiger partial charge is 0.145 e. The third-order valence-electron chi connectivity index (χ3n) is 4.04. The lowest BCUT2D eigenvalue weighted by Gasteiger charge is -2.11. The first kappa shape index (κ1) is 12.7. The van der Waals surface area contributed by atoms with Crippen LogP contribution in [0, 0.1) is 6.92 Å². The third kappa shape index (κ3) is 1.74. The number of nitrogens with two attached hydrogens (primary N) is 1. The second kappa shape index (κ2) is 4.49. The number of rotatable bonds is 2. The van der Waals surface area contributed by atoms with E-state index in [0.717, 1.165) is 44.7 Å². The van der Waals surface area contributed by atoms with Crippen molar-refractivity contribution in [1.29, 1.82) is 0 Å². The number of H-pyrrole nitrogens is 1. The van der Waals surface area contributed by atoms with Gasteiger partial charge in [0.05, 0.1) is 17.9 Å². The molecule has 1 aromatic carbocycles. The fourth-order valence-electron chi connectivity index (χ4n) is 2.85. The van der Waals surface area contributed by atoms with Gasteiger partial charge in [-0.25, -0.2) is 4.98 Å². The van der Waals surface area contributed by atoms with Gasteiger partial charge in [0, 0.05) is 24.3 Å². The molecule has 0 radical (unpaired) electrons. The van der Waals surface area contributed by atoms with Gasteiger partial charge in [-0.05, 0) is 41.8 Å². The first-order valence-corrected chi connectivity index (χ1v) is 7.06. The molecule has 0 spiro atoms. The summed E-state index contributed by atoms with van der Waals surface area (Å²) in [5.41, 5.74) is 12.0. The summed E-state index contributed by atoms with van der Waals surface area (Å²) < 4.78 is 2.01. The molecule has 0 aliphatic carbocycles. The number of imidazole rings is 1. The lowest BCUT2D eigenvalue weighted by Crippen LogP contribution is -1.95. The topological polar surface area (TPSA) is 84.0 Å². The molecule has 0 fully saturated rings. The highest BCUT2D eigenvalue weighted by Gasteiger charge is 2.13. The standard InChI is InChI=1S/C16H16N6/c1-9-12(17)5-13-11(6-19-21-13)16(9)10-3-4-15-20-14(18-2)8-22(15)7-10/h3-8,18H,17H2,1-2H3,(H,19,21). The maximum absolute atomic E-state index is 6.14. The van der Waals surface area contributed by atoms with E-state index in [9.17, 15) is 0 Å². The van der Waals surface area contributed by atoms with Crippen LogP contribution in [0.2, 0.25) is 0 Å². The van der Waals surface area contributed by atoms with Crippen molar-refractivity contribution in [3.8, 4) is 11.1 Å². The molecule has 0 saturated carbocycles. The second-order valence-corrected chi connectivity index (χ2v) is 5.36. The number of anilines is 2. The van der Waals surface area contributed by atoms with Gasteiger partial charge in [-0.2, -0.15) is 5.10 Å². The van der Waals surface area contributed by atoms with E-state index in [1.165, 1.54) is 0 Å². The summed E-state index contributed by atoms with van der Waals surface area (Å²) >= 11 is 0. The maximum Gasteiger partial charge on any atom is 0.145 e. The minimum Gasteiger partial charge on any atom is -0.398 e. The molecule has 0 aliphatic heterocycles. The lowest BCUT2D eigenvalue weighted by atomic mass is 9.97. The average molecular weight is 292 g/mol. The highest BCUT2D eigenvalue weighted by Crippen LogP contribution is 2.34. The number of aromatic amines is 1. The molecule has 4 rings (SSSR count). The van der Waals surface area contributed by atoms with Crippen molar-refractivity contribution in [3.05, 3.63) is 42.4 Å². The van der Waals surface area contributed by atoms with E-state index >= 15 is 0 Å². The molecular formula is C16H16N6. The van der Waals surface area contributed by atoms with Crippen LogP contribution in [0.25, 0.3) is 27.7 Å². The van der Waals surface area contributed by atoms with Crippen LogP contribution in [0.3, 0.4) is 0 Å². The molecule has 4 aromatic rings.